The molecule has 0 amide bonds. The van der Waals surface area contributed by atoms with E-state index in [1.165, 1.54) is 5.19 Å². The van der Waals surface area contributed by atoms with E-state index in [1.807, 2.05) is 12.3 Å². The fourth-order valence-corrected chi connectivity index (χ4v) is 2.43. The van der Waals surface area contributed by atoms with Crippen LogP contribution in [0.15, 0.2) is 24.5 Å². The van der Waals surface area contributed by atoms with Gasteiger partial charge in [0.05, 0.1) is 8.07 Å². The summed E-state index contributed by atoms with van der Waals surface area (Å²) in [4.78, 5) is 4.07. The summed E-state index contributed by atoms with van der Waals surface area (Å²) in [5, 5.41) is 1.33. The summed E-state index contributed by atoms with van der Waals surface area (Å²) in [6.45, 7) is 4.49. The van der Waals surface area contributed by atoms with Gasteiger partial charge in [-0.1, -0.05) is 19.2 Å². The molecule has 3 heteroatoms. The summed E-state index contributed by atoms with van der Waals surface area (Å²) >= 11 is 5.86. The van der Waals surface area contributed by atoms with Crippen molar-refractivity contribution in [1.82, 2.24) is 4.98 Å². The largest absolute Gasteiger partial charge is 0.265 e. The van der Waals surface area contributed by atoms with E-state index in [4.69, 9.17) is 11.6 Å². The Labute approximate surface area is 73.4 Å². The van der Waals surface area contributed by atoms with Gasteiger partial charge < -0.3 is 0 Å². The maximum absolute atomic E-state index is 5.86. The first-order valence-electron chi connectivity index (χ1n) is 3.63. The Bertz CT molecular complexity index is 223. The van der Waals surface area contributed by atoms with Crippen molar-refractivity contribution >= 4 is 24.9 Å². The molecule has 0 spiro atoms. The maximum Gasteiger partial charge on any atom is 0.0979 e. The van der Waals surface area contributed by atoms with E-state index < -0.39 is 8.07 Å². The Kier molecular flexibility index (Phi) is 2.68. The van der Waals surface area contributed by atoms with Gasteiger partial charge in [-0.3, -0.25) is 4.98 Å². The molecule has 0 bridgehead atoms. The lowest BCUT2D eigenvalue weighted by molar-refractivity contribution is 1.34. The molecule has 0 N–H and O–H groups in total. The molecule has 1 aromatic rings. The zero-order valence-electron chi connectivity index (χ0n) is 6.84. The van der Waals surface area contributed by atoms with Gasteiger partial charge in [0.15, 0.2) is 0 Å². The van der Waals surface area contributed by atoms with Crippen LogP contribution in [0.3, 0.4) is 0 Å². The van der Waals surface area contributed by atoms with Gasteiger partial charge in [0.25, 0.3) is 0 Å². The highest BCUT2D eigenvalue weighted by atomic mass is 35.5. The van der Waals surface area contributed by atoms with Crippen molar-refractivity contribution in [2.75, 3.05) is 5.50 Å². The Morgan fingerprint density at radius 3 is 2.73 bits per heavy atom. The van der Waals surface area contributed by atoms with Crippen molar-refractivity contribution in [1.29, 1.82) is 0 Å². The van der Waals surface area contributed by atoms with E-state index >= 15 is 0 Å². The van der Waals surface area contributed by atoms with Crippen molar-refractivity contribution in [3.8, 4) is 0 Å². The molecule has 1 rings (SSSR count). The highest BCUT2D eigenvalue weighted by Crippen LogP contribution is 2.03. The lowest BCUT2D eigenvalue weighted by atomic mass is 10.5. The van der Waals surface area contributed by atoms with Gasteiger partial charge >= 0.3 is 0 Å². The predicted octanol–water partition coefficient (Wildman–Crippen LogP) is 1.77. The number of alkyl halides is 1. The third-order valence-corrected chi connectivity index (χ3v) is 6.31. The third kappa shape index (κ3) is 2.04. The molecule has 0 aromatic carbocycles. The highest BCUT2D eigenvalue weighted by Gasteiger charge is 2.21. The molecule has 0 aliphatic heterocycles. The lowest BCUT2D eigenvalue weighted by Crippen LogP contribution is -2.43. The number of halogens is 1. The summed E-state index contributed by atoms with van der Waals surface area (Å²) < 4.78 is 0. The zero-order valence-corrected chi connectivity index (χ0v) is 8.60. The Morgan fingerprint density at radius 2 is 2.27 bits per heavy atom. The first-order chi connectivity index (χ1) is 5.17. The van der Waals surface area contributed by atoms with Crippen LogP contribution in [0.4, 0.5) is 0 Å². The molecule has 1 nitrogen and oxygen atoms in total. The van der Waals surface area contributed by atoms with Crippen LogP contribution in [0.25, 0.3) is 0 Å². The first-order valence-corrected chi connectivity index (χ1v) is 7.37. The summed E-state index contributed by atoms with van der Waals surface area (Å²) in [6.07, 6.45) is 3.72. The molecular formula is C8H12ClNSi. The number of aromatic nitrogens is 1. The van der Waals surface area contributed by atoms with Crippen LogP contribution in [0.2, 0.25) is 13.1 Å². The summed E-state index contributed by atoms with van der Waals surface area (Å²) in [6, 6.07) is 4.08. The van der Waals surface area contributed by atoms with E-state index in [-0.39, 0.29) is 0 Å². The van der Waals surface area contributed by atoms with Gasteiger partial charge in [-0.25, -0.2) is 0 Å². The molecule has 0 aliphatic rings. The second-order valence-corrected chi connectivity index (χ2v) is 8.67. The Balaban J connectivity index is 2.93. The van der Waals surface area contributed by atoms with Gasteiger partial charge in [0, 0.05) is 17.9 Å². The smallest absolute Gasteiger partial charge is 0.0979 e. The second-order valence-electron chi connectivity index (χ2n) is 3.26. The van der Waals surface area contributed by atoms with Gasteiger partial charge in [0.1, 0.15) is 0 Å². The second kappa shape index (κ2) is 3.37. The third-order valence-electron chi connectivity index (χ3n) is 1.78. The molecule has 0 aliphatic carbocycles. The predicted molar refractivity (Wildman–Crippen MR) is 52.1 cm³/mol. The lowest BCUT2D eigenvalue weighted by Gasteiger charge is -2.18. The Morgan fingerprint density at radius 1 is 1.55 bits per heavy atom. The van der Waals surface area contributed by atoms with Crippen LogP contribution in [0.1, 0.15) is 0 Å². The number of rotatable bonds is 2. The minimum atomic E-state index is -1.35. The van der Waals surface area contributed by atoms with Gasteiger partial charge in [0.2, 0.25) is 0 Å². The molecule has 0 radical (unpaired) electrons. The topological polar surface area (TPSA) is 12.9 Å². The molecule has 0 unspecified atom stereocenters. The SMILES string of the molecule is C[Si](C)(CCl)c1cccnc1. The number of nitrogens with zero attached hydrogens (tertiary/aromatic N) is 1. The monoisotopic (exact) mass is 185 g/mol. The number of hydrogen-bond acceptors (Lipinski definition) is 1. The molecule has 0 saturated heterocycles. The van der Waals surface area contributed by atoms with E-state index in [1.54, 1.807) is 6.20 Å². The van der Waals surface area contributed by atoms with Crippen LogP contribution >= 0.6 is 11.6 Å². The van der Waals surface area contributed by atoms with Crippen molar-refractivity contribution in [3.63, 3.8) is 0 Å². The quantitative estimate of drug-likeness (QED) is 0.506. The fourth-order valence-electron chi connectivity index (χ4n) is 0.840. The van der Waals surface area contributed by atoms with Crippen LogP contribution in [0.5, 0.6) is 0 Å². The van der Waals surface area contributed by atoms with E-state index in [0.717, 1.165) is 5.50 Å². The fraction of sp³-hybridized carbons (Fsp3) is 0.375. The molecule has 60 valence electrons. The van der Waals surface area contributed by atoms with Gasteiger partial charge in [-0.05, 0) is 11.3 Å². The summed E-state index contributed by atoms with van der Waals surface area (Å²) in [5.74, 6) is 0. The zero-order chi connectivity index (χ0) is 8.32. The van der Waals surface area contributed by atoms with Crippen LogP contribution in [-0.4, -0.2) is 18.6 Å². The summed E-state index contributed by atoms with van der Waals surface area (Å²) in [7, 11) is -1.35. The van der Waals surface area contributed by atoms with Gasteiger partial charge in [-0.2, -0.15) is 0 Å². The first kappa shape index (κ1) is 8.75. The van der Waals surface area contributed by atoms with Crippen LogP contribution in [-0.2, 0) is 0 Å². The average Bonchev–Trinajstić information content (AvgIpc) is 2.06. The van der Waals surface area contributed by atoms with Crippen LogP contribution < -0.4 is 5.19 Å². The van der Waals surface area contributed by atoms with Crippen molar-refractivity contribution in [3.05, 3.63) is 24.5 Å². The molecule has 0 atom stereocenters. The van der Waals surface area contributed by atoms with Crippen LogP contribution in [0, 0.1) is 0 Å². The van der Waals surface area contributed by atoms with E-state index in [0.29, 0.717) is 0 Å². The molecule has 1 heterocycles. The average molecular weight is 186 g/mol. The van der Waals surface area contributed by atoms with Crippen molar-refractivity contribution < 1.29 is 0 Å². The van der Waals surface area contributed by atoms with Gasteiger partial charge in [-0.15, -0.1) is 11.6 Å². The van der Waals surface area contributed by atoms with Crippen molar-refractivity contribution in [2.45, 2.75) is 13.1 Å². The highest BCUT2D eigenvalue weighted by molar-refractivity contribution is 6.94. The van der Waals surface area contributed by atoms with E-state index in [9.17, 15) is 0 Å². The molecule has 0 fully saturated rings. The summed E-state index contributed by atoms with van der Waals surface area (Å²) in [5.41, 5.74) is 0.763. The number of pyridine rings is 1. The standard InChI is InChI=1S/C8H12ClNSi/c1-11(2,7-9)8-4-3-5-10-6-8/h3-6H,7H2,1-2H3. The molecule has 11 heavy (non-hydrogen) atoms. The Hall–Kier alpha value is -0.343. The normalized spacial score (nSPS) is 11.5. The van der Waals surface area contributed by atoms with E-state index in [2.05, 4.69) is 24.1 Å². The van der Waals surface area contributed by atoms with Crippen molar-refractivity contribution in [2.24, 2.45) is 0 Å². The molecule has 1 aromatic heterocycles. The minimum Gasteiger partial charge on any atom is -0.265 e. The minimum absolute atomic E-state index is 0.763. The molecular weight excluding hydrogens is 174 g/mol. The number of hydrogen-bond donors (Lipinski definition) is 0. The molecule has 0 saturated carbocycles. The maximum atomic E-state index is 5.86.